The van der Waals surface area contributed by atoms with Crippen molar-refractivity contribution in [3.63, 3.8) is 0 Å². The summed E-state index contributed by atoms with van der Waals surface area (Å²) in [7, 11) is 1.46. The molecular weight excluding hydrogens is 282 g/mol. The Bertz CT molecular complexity index is 706. The maximum absolute atomic E-state index is 12.1. The van der Waals surface area contributed by atoms with E-state index in [9.17, 15) is 9.59 Å². The van der Waals surface area contributed by atoms with Gasteiger partial charge in [0.2, 0.25) is 0 Å². The molecule has 0 amide bonds. The van der Waals surface area contributed by atoms with Crippen LogP contribution in [-0.2, 0) is 11.3 Å². The fourth-order valence-corrected chi connectivity index (χ4v) is 2.07. The second kappa shape index (κ2) is 7.45. The second-order valence-corrected chi connectivity index (χ2v) is 4.85. The van der Waals surface area contributed by atoms with Crippen molar-refractivity contribution < 1.29 is 14.3 Å². The average Bonchev–Trinajstić information content (AvgIpc) is 2.55. The molecule has 5 nitrogen and oxygen atoms in total. The Morgan fingerprint density at radius 3 is 2.77 bits per heavy atom. The summed E-state index contributed by atoms with van der Waals surface area (Å²) in [4.78, 5) is 24.0. The van der Waals surface area contributed by atoms with Crippen molar-refractivity contribution in [3.8, 4) is 5.75 Å². The molecular formula is C17H19NO4. The highest BCUT2D eigenvalue weighted by molar-refractivity contribution is 5.89. The lowest BCUT2D eigenvalue weighted by atomic mass is 10.1. The van der Waals surface area contributed by atoms with Crippen LogP contribution in [0.5, 0.6) is 5.75 Å². The molecule has 0 spiro atoms. The molecule has 0 fully saturated rings. The zero-order valence-corrected chi connectivity index (χ0v) is 12.7. The van der Waals surface area contributed by atoms with Gasteiger partial charge in [-0.3, -0.25) is 4.79 Å². The van der Waals surface area contributed by atoms with Gasteiger partial charge in [-0.15, -0.1) is 0 Å². The Hall–Kier alpha value is -2.56. The number of ether oxygens (including phenoxy) is 2. The van der Waals surface area contributed by atoms with Gasteiger partial charge in [-0.1, -0.05) is 19.1 Å². The summed E-state index contributed by atoms with van der Waals surface area (Å²) in [6.45, 7) is 2.71. The van der Waals surface area contributed by atoms with E-state index >= 15 is 0 Å². The quantitative estimate of drug-likeness (QED) is 0.769. The average molecular weight is 301 g/mol. The molecule has 0 aliphatic carbocycles. The molecule has 0 saturated carbocycles. The topological polar surface area (TPSA) is 57.5 Å². The van der Waals surface area contributed by atoms with Crippen molar-refractivity contribution in [1.82, 2.24) is 4.57 Å². The first-order valence-corrected chi connectivity index (χ1v) is 7.15. The third kappa shape index (κ3) is 3.75. The Labute approximate surface area is 129 Å². The van der Waals surface area contributed by atoms with Crippen LogP contribution in [0.25, 0.3) is 0 Å². The standard InChI is InChI=1S/C17H19NO4/c1-3-10-22-17(20)14-7-4-6-13(11-14)12-18-9-5-8-15(21-2)16(18)19/h4-9,11H,3,10,12H2,1-2H3. The van der Waals surface area contributed by atoms with E-state index in [1.54, 1.807) is 36.5 Å². The van der Waals surface area contributed by atoms with Gasteiger partial charge in [0.1, 0.15) is 0 Å². The normalized spacial score (nSPS) is 10.3. The molecule has 1 aromatic carbocycles. The molecule has 1 heterocycles. The molecule has 0 bridgehead atoms. The zero-order chi connectivity index (χ0) is 15.9. The maximum atomic E-state index is 12.1. The molecule has 0 atom stereocenters. The largest absolute Gasteiger partial charge is 0.491 e. The van der Waals surface area contributed by atoms with Crippen molar-refractivity contribution in [2.45, 2.75) is 19.9 Å². The molecule has 0 aliphatic rings. The molecule has 0 aliphatic heterocycles. The molecule has 2 rings (SSSR count). The number of pyridine rings is 1. The number of aromatic nitrogens is 1. The monoisotopic (exact) mass is 301 g/mol. The van der Waals surface area contributed by atoms with E-state index in [1.165, 1.54) is 11.7 Å². The molecule has 0 saturated heterocycles. The lowest BCUT2D eigenvalue weighted by Gasteiger charge is -2.09. The first kappa shape index (κ1) is 15.8. The predicted molar refractivity (Wildman–Crippen MR) is 83.4 cm³/mol. The van der Waals surface area contributed by atoms with Crippen molar-refractivity contribution in [2.24, 2.45) is 0 Å². The smallest absolute Gasteiger partial charge is 0.338 e. The van der Waals surface area contributed by atoms with Crippen LogP contribution in [0.2, 0.25) is 0 Å². The first-order valence-electron chi connectivity index (χ1n) is 7.15. The number of carbonyl (C=O) groups excluding carboxylic acids is 1. The summed E-state index contributed by atoms with van der Waals surface area (Å²) >= 11 is 0. The molecule has 0 radical (unpaired) electrons. The Balaban J connectivity index is 2.21. The van der Waals surface area contributed by atoms with Crippen LogP contribution < -0.4 is 10.3 Å². The molecule has 116 valence electrons. The predicted octanol–water partition coefficient (Wildman–Crippen LogP) is 2.47. The number of rotatable bonds is 6. The van der Waals surface area contributed by atoms with Gasteiger partial charge in [0, 0.05) is 6.20 Å². The van der Waals surface area contributed by atoms with E-state index in [2.05, 4.69) is 0 Å². The van der Waals surface area contributed by atoms with E-state index in [-0.39, 0.29) is 11.5 Å². The molecule has 5 heteroatoms. The maximum Gasteiger partial charge on any atom is 0.338 e. The second-order valence-electron chi connectivity index (χ2n) is 4.85. The third-order valence-corrected chi connectivity index (χ3v) is 3.16. The zero-order valence-electron chi connectivity index (χ0n) is 12.7. The van der Waals surface area contributed by atoms with Crippen LogP contribution >= 0.6 is 0 Å². The van der Waals surface area contributed by atoms with E-state index in [1.807, 2.05) is 13.0 Å². The number of carbonyl (C=O) groups is 1. The van der Waals surface area contributed by atoms with Crippen molar-refractivity contribution in [1.29, 1.82) is 0 Å². The minimum atomic E-state index is -0.346. The molecule has 0 N–H and O–H groups in total. The summed E-state index contributed by atoms with van der Waals surface area (Å²) in [6, 6.07) is 10.5. The Morgan fingerprint density at radius 1 is 1.23 bits per heavy atom. The Morgan fingerprint density at radius 2 is 2.05 bits per heavy atom. The van der Waals surface area contributed by atoms with Crippen LogP contribution in [0, 0.1) is 0 Å². The van der Waals surface area contributed by atoms with Gasteiger partial charge in [0.05, 0.1) is 25.8 Å². The van der Waals surface area contributed by atoms with Crippen LogP contribution in [0.3, 0.4) is 0 Å². The van der Waals surface area contributed by atoms with Gasteiger partial charge in [-0.25, -0.2) is 4.79 Å². The molecule has 2 aromatic rings. The minimum Gasteiger partial charge on any atom is -0.491 e. The molecule has 0 unspecified atom stereocenters. The molecule has 1 aromatic heterocycles. The summed E-state index contributed by atoms with van der Waals surface area (Å²) in [5, 5.41) is 0. The fraction of sp³-hybridized carbons (Fsp3) is 0.294. The number of hydrogen-bond acceptors (Lipinski definition) is 4. The molecule has 22 heavy (non-hydrogen) atoms. The third-order valence-electron chi connectivity index (χ3n) is 3.16. The van der Waals surface area contributed by atoms with Crippen LogP contribution in [0.1, 0.15) is 29.3 Å². The fourth-order valence-electron chi connectivity index (χ4n) is 2.07. The highest BCUT2D eigenvalue weighted by Crippen LogP contribution is 2.09. The highest BCUT2D eigenvalue weighted by Gasteiger charge is 2.08. The van der Waals surface area contributed by atoms with E-state index < -0.39 is 0 Å². The van der Waals surface area contributed by atoms with Gasteiger partial charge in [0.15, 0.2) is 5.75 Å². The Kier molecular flexibility index (Phi) is 5.36. The van der Waals surface area contributed by atoms with Crippen molar-refractivity contribution in [2.75, 3.05) is 13.7 Å². The summed E-state index contributed by atoms with van der Waals surface area (Å²) in [5.74, 6) is -0.0531. The lowest BCUT2D eigenvalue weighted by molar-refractivity contribution is 0.0505. The van der Waals surface area contributed by atoms with E-state index in [0.29, 0.717) is 24.5 Å². The van der Waals surface area contributed by atoms with E-state index in [0.717, 1.165) is 12.0 Å². The lowest BCUT2D eigenvalue weighted by Crippen LogP contribution is -2.21. The highest BCUT2D eigenvalue weighted by atomic mass is 16.5. The summed E-state index contributed by atoms with van der Waals surface area (Å²) in [5.41, 5.74) is 1.13. The van der Waals surface area contributed by atoms with Gasteiger partial charge < -0.3 is 14.0 Å². The number of nitrogens with zero attached hydrogens (tertiary/aromatic N) is 1. The van der Waals surface area contributed by atoms with Gasteiger partial charge in [0.25, 0.3) is 5.56 Å². The van der Waals surface area contributed by atoms with Crippen LogP contribution in [-0.4, -0.2) is 24.3 Å². The summed E-state index contributed by atoms with van der Waals surface area (Å²) < 4.78 is 11.7. The van der Waals surface area contributed by atoms with Gasteiger partial charge in [-0.05, 0) is 36.2 Å². The van der Waals surface area contributed by atoms with E-state index in [4.69, 9.17) is 9.47 Å². The number of benzene rings is 1. The summed E-state index contributed by atoms with van der Waals surface area (Å²) in [6.07, 6.45) is 2.47. The number of esters is 1. The number of hydrogen-bond donors (Lipinski definition) is 0. The van der Waals surface area contributed by atoms with Crippen molar-refractivity contribution in [3.05, 3.63) is 64.1 Å². The van der Waals surface area contributed by atoms with Gasteiger partial charge in [-0.2, -0.15) is 0 Å². The van der Waals surface area contributed by atoms with Gasteiger partial charge >= 0.3 is 5.97 Å². The van der Waals surface area contributed by atoms with Crippen LogP contribution in [0.4, 0.5) is 0 Å². The van der Waals surface area contributed by atoms with Crippen molar-refractivity contribution >= 4 is 5.97 Å². The minimum absolute atomic E-state index is 0.205. The SMILES string of the molecule is CCCOC(=O)c1cccc(Cn2cccc(OC)c2=O)c1. The number of methoxy groups -OCH3 is 1. The first-order chi connectivity index (χ1) is 10.7. The van der Waals surface area contributed by atoms with Crippen LogP contribution in [0.15, 0.2) is 47.4 Å².